The van der Waals surface area contributed by atoms with E-state index < -0.39 is 0 Å². The molecule has 0 saturated heterocycles. The molecule has 0 saturated carbocycles. The number of hydrogen-bond acceptors (Lipinski definition) is 2. The molecule has 4 heteroatoms. The van der Waals surface area contributed by atoms with Crippen molar-refractivity contribution in [2.45, 2.75) is 13.0 Å². The minimum Gasteiger partial charge on any atom is -0.341 e. The van der Waals surface area contributed by atoms with Gasteiger partial charge in [0.25, 0.3) is 0 Å². The molecule has 0 N–H and O–H groups in total. The Balaban J connectivity index is 1.95. The highest BCUT2D eigenvalue weighted by Gasteiger charge is 2.10. The van der Waals surface area contributed by atoms with Crippen LogP contribution in [0.5, 0.6) is 0 Å². The van der Waals surface area contributed by atoms with Crippen LogP contribution < -0.4 is 0 Å². The summed E-state index contributed by atoms with van der Waals surface area (Å²) in [7, 11) is 1.74. The number of likely N-dealkylation sites (N-methyl/N-ethyl adjacent to an activating group) is 1. The van der Waals surface area contributed by atoms with E-state index in [0.29, 0.717) is 13.0 Å². The van der Waals surface area contributed by atoms with Crippen LogP contribution in [0.1, 0.15) is 10.4 Å². The maximum Gasteiger partial charge on any atom is 0.227 e. The van der Waals surface area contributed by atoms with Gasteiger partial charge in [-0.2, -0.15) is 0 Å². The normalized spacial score (nSPS) is 10.3. The van der Waals surface area contributed by atoms with Crippen molar-refractivity contribution in [3.8, 4) is 0 Å². The number of halogens is 1. The van der Waals surface area contributed by atoms with Crippen LogP contribution in [-0.2, 0) is 17.8 Å². The third-order valence-electron chi connectivity index (χ3n) is 2.64. The molecule has 0 fully saturated rings. The number of amides is 1. The van der Waals surface area contributed by atoms with Crippen molar-refractivity contribution in [3.05, 3.63) is 58.0 Å². The maximum absolute atomic E-state index is 13.0. The predicted molar refractivity (Wildman–Crippen MR) is 70.9 cm³/mol. The van der Waals surface area contributed by atoms with Gasteiger partial charge < -0.3 is 4.90 Å². The van der Waals surface area contributed by atoms with Gasteiger partial charge >= 0.3 is 0 Å². The molecule has 2 aromatic rings. The summed E-state index contributed by atoms with van der Waals surface area (Å²) < 4.78 is 13.0. The molecule has 1 heterocycles. The van der Waals surface area contributed by atoms with Crippen LogP contribution in [0.25, 0.3) is 0 Å². The Morgan fingerprint density at radius 3 is 2.83 bits per heavy atom. The van der Waals surface area contributed by atoms with Gasteiger partial charge in [-0.05, 0) is 29.1 Å². The van der Waals surface area contributed by atoms with Crippen molar-refractivity contribution < 1.29 is 9.18 Å². The fraction of sp³-hybridized carbons (Fsp3) is 0.214. The van der Waals surface area contributed by atoms with E-state index >= 15 is 0 Å². The number of carbonyl (C=O) groups is 1. The summed E-state index contributed by atoms with van der Waals surface area (Å²) in [6, 6.07) is 10.2. The Kier molecular flexibility index (Phi) is 4.10. The fourth-order valence-electron chi connectivity index (χ4n) is 1.69. The summed E-state index contributed by atoms with van der Waals surface area (Å²) in [5, 5.41) is 1.95. The highest BCUT2D eigenvalue weighted by atomic mass is 32.1. The van der Waals surface area contributed by atoms with E-state index in [-0.39, 0.29) is 11.7 Å². The standard InChI is InChI=1S/C14H14FNOS/c1-16(10-11-4-2-5-12(15)8-11)14(17)9-13-6-3-7-18-13/h2-8H,9-10H2,1H3. The van der Waals surface area contributed by atoms with Crippen LogP contribution in [0.4, 0.5) is 4.39 Å². The molecular weight excluding hydrogens is 249 g/mol. The van der Waals surface area contributed by atoms with Gasteiger partial charge in [-0.25, -0.2) is 4.39 Å². The number of thiophene rings is 1. The molecule has 94 valence electrons. The molecule has 0 radical (unpaired) electrons. The van der Waals surface area contributed by atoms with E-state index in [1.165, 1.54) is 12.1 Å². The summed E-state index contributed by atoms with van der Waals surface area (Å²) >= 11 is 1.57. The number of nitrogens with zero attached hydrogens (tertiary/aromatic N) is 1. The molecule has 0 aliphatic rings. The second-order valence-electron chi connectivity index (χ2n) is 4.14. The maximum atomic E-state index is 13.0. The second kappa shape index (κ2) is 5.78. The lowest BCUT2D eigenvalue weighted by Crippen LogP contribution is -2.27. The van der Waals surface area contributed by atoms with Crippen LogP contribution in [-0.4, -0.2) is 17.9 Å². The summed E-state index contributed by atoms with van der Waals surface area (Å²) in [4.78, 5) is 14.6. The summed E-state index contributed by atoms with van der Waals surface area (Å²) in [5.74, 6) is -0.228. The first-order valence-corrected chi connectivity index (χ1v) is 6.54. The van der Waals surface area contributed by atoms with E-state index in [1.54, 1.807) is 29.4 Å². The predicted octanol–water partition coefficient (Wildman–Crippen LogP) is 3.09. The molecule has 18 heavy (non-hydrogen) atoms. The van der Waals surface area contributed by atoms with Gasteiger partial charge in [0.05, 0.1) is 6.42 Å². The summed E-state index contributed by atoms with van der Waals surface area (Å²) in [6.07, 6.45) is 0.406. The van der Waals surface area contributed by atoms with Crippen LogP contribution in [0.2, 0.25) is 0 Å². The molecular formula is C14H14FNOS. The summed E-state index contributed by atoms with van der Waals surface area (Å²) in [6.45, 7) is 0.433. The van der Waals surface area contributed by atoms with Gasteiger partial charge in [0.1, 0.15) is 5.82 Å². The van der Waals surface area contributed by atoms with Crippen molar-refractivity contribution in [2.75, 3.05) is 7.05 Å². The van der Waals surface area contributed by atoms with Crippen molar-refractivity contribution in [1.82, 2.24) is 4.90 Å². The highest BCUT2D eigenvalue weighted by molar-refractivity contribution is 7.10. The van der Waals surface area contributed by atoms with Crippen molar-refractivity contribution in [2.24, 2.45) is 0 Å². The van der Waals surface area contributed by atoms with Crippen LogP contribution in [0, 0.1) is 5.82 Å². The minimum absolute atomic E-state index is 0.0433. The van der Waals surface area contributed by atoms with Gasteiger partial charge in [-0.1, -0.05) is 18.2 Å². The van der Waals surface area contributed by atoms with Gasteiger partial charge in [-0.3, -0.25) is 4.79 Å². The van der Waals surface area contributed by atoms with E-state index in [0.717, 1.165) is 10.4 Å². The molecule has 0 bridgehead atoms. The van der Waals surface area contributed by atoms with Gasteiger partial charge in [-0.15, -0.1) is 11.3 Å². The summed E-state index contributed by atoms with van der Waals surface area (Å²) in [5.41, 5.74) is 0.803. The lowest BCUT2D eigenvalue weighted by molar-refractivity contribution is -0.129. The Morgan fingerprint density at radius 1 is 1.33 bits per heavy atom. The van der Waals surface area contributed by atoms with Crippen LogP contribution in [0.3, 0.4) is 0 Å². The first kappa shape index (κ1) is 12.8. The van der Waals surface area contributed by atoms with Gasteiger partial charge in [0.15, 0.2) is 0 Å². The largest absolute Gasteiger partial charge is 0.341 e. The van der Waals surface area contributed by atoms with Crippen molar-refractivity contribution >= 4 is 17.2 Å². The molecule has 1 aromatic heterocycles. The number of carbonyl (C=O) groups excluding carboxylic acids is 1. The van der Waals surface area contributed by atoms with Gasteiger partial charge in [0.2, 0.25) is 5.91 Å². The topological polar surface area (TPSA) is 20.3 Å². The Labute approximate surface area is 110 Å². The lowest BCUT2D eigenvalue weighted by atomic mass is 10.2. The zero-order valence-electron chi connectivity index (χ0n) is 10.1. The zero-order valence-corrected chi connectivity index (χ0v) is 10.9. The quantitative estimate of drug-likeness (QED) is 0.830. The molecule has 2 rings (SSSR count). The molecule has 1 amide bonds. The number of hydrogen-bond donors (Lipinski definition) is 0. The molecule has 2 nitrogen and oxygen atoms in total. The lowest BCUT2D eigenvalue weighted by Gasteiger charge is -2.16. The monoisotopic (exact) mass is 263 g/mol. The fourth-order valence-corrected chi connectivity index (χ4v) is 2.39. The minimum atomic E-state index is -0.272. The first-order chi connectivity index (χ1) is 8.65. The van der Waals surface area contributed by atoms with Crippen LogP contribution in [0.15, 0.2) is 41.8 Å². The van der Waals surface area contributed by atoms with E-state index in [9.17, 15) is 9.18 Å². The van der Waals surface area contributed by atoms with E-state index in [4.69, 9.17) is 0 Å². The average Bonchev–Trinajstić information content (AvgIpc) is 2.81. The third kappa shape index (κ3) is 3.40. The van der Waals surface area contributed by atoms with E-state index in [2.05, 4.69) is 0 Å². The van der Waals surface area contributed by atoms with Crippen molar-refractivity contribution in [1.29, 1.82) is 0 Å². The Hall–Kier alpha value is -1.68. The first-order valence-electron chi connectivity index (χ1n) is 5.66. The molecule has 0 aliphatic heterocycles. The van der Waals surface area contributed by atoms with E-state index in [1.807, 2.05) is 23.6 Å². The van der Waals surface area contributed by atoms with Crippen LogP contribution >= 0.6 is 11.3 Å². The molecule has 1 aromatic carbocycles. The third-order valence-corrected chi connectivity index (χ3v) is 3.52. The Bertz CT molecular complexity index is 524. The highest BCUT2D eigenvalue weighted by Crippen LogP contribution is 2.12. The smallest absolute Gasteiger partial charge is 0.227 e. The zero-order chi connectivity index (χ0) is 13.0. The molecule has 0 atom stereocenters. The Morgan fingerprint density at radius 2 is 2.17 bits per heavy atom. The molecule has 0 spiro atoms. The molecule has 0 aliphatic carbocycles. The average molecular weight is 263 g/mol. The number of rotatable bonds is 4. The van der Waals surface area contributed by atoms with Gasteiger partial charge in [0, 0.05) is 18.5 Å². The SMILES string of the molecule is CN(Cc1cccc(F)c1)C(=O)Cc1cccs1. The molecule has 0 unspecified atom stereocenters. The van der Waals surface area contributed by atoms with Crippen molar-refractivity contribution in [3.63, 3.8) is 0 Å². The second-order valence-corrected chi connectivity index (χ2v) is 5.17. The number of benzene rings is 1.